The first-order valence-corrected chi connectivity index (χ1v) is 20.6. The topological polar surface area (TPSA) is 0 Å². The van der Waals surface area contributed by atoms with E-state index in [1.807, 2.05) is 0 Å². The molecule has 116 valence electrons. The summed E-state index contributed by atoms with van der Waals surface area (Å²) < 4.78 is 6.06. The van der Waals surface area contributed by atoms with E-state index >= 15 is 0 Å². The van der Waals surface area contributed by atoms with Crippen molar-refractivity contribution in [3.8, 4) is 0 Å². The van der Waals surface area contributed by atoms with Gasteiger partial charge in [0.2, 0.25) is 0 Å². The zero-order valence-electron chi connectivity index (χ0n) is 14.0. The summed E-state index contributed by atoms with van der Waals surface area (Å²) in [6.07, 6.45) is 0. The molecule has 0 atom stereocenters. The fourth-order valence-electron chi connectivity index (χ4n) is 2.61. The zero-order chi connectivity index (χ0) is 16.3. The molecule has 0 aliphatic carbocycles. The maximum absolute atomic E-state index is 2.48. The van der Waals surface area contributed by atoms with Gasteiger partial charge in [-0.3, -0.25) is 0 Å². The summed E-state index contributed by atoms with van der Waals surface area (Å²) >= 11 is -3.17. The van der Waals surface area contributed by atoms with Gasteiger partial charge in [-0.15, -0.1) is 0 Å². The Bertz CT molecular complexity index is 704. The normalized spacial score (nSPS) is 11.7. The molecule has 0 aliphatic heterocycles. The van der Waals surface area contributed by atoms with Crippen molar-refractivity contribution >= 4 is 49.2 Å². The Hall–Kier alpha value is -1.02. The maximum atomic E-state index is 2.48. The molecule has 2 heteroatoms. The average Bonchev–Trinajstić information content (AvgIpc) is 2.57. The van der Waals surface area contributed by atoms with E-state index in [2.05, 4.69) is 99.7 Å². The van der Waals surface area contributed by atoms with Crippen LogP contribution in [-0.4, -0.2) is 32.3 Å². The first kappa shape index (κ1) is 16.8. The first-order valence-electron chi connectivity index (χ1n) is 8.01. The third-order valence-electron chi connectivity index (χ3n) is 3.91. The van der Waals surface area contributed by atoms with Crippen molar-refractivity contribution < 1.29 is 0 Å². The number of rotatable bonds is 4. The molecule has 3 aromatic rings. The minimum atomic E-state index is -1.97. The number of hydrogen-bond acceptors (Lipinski definition) is 0. The summed E-state index contributed by atoms with van der Waals surface area (Å²) in [4.78, 5) is 7.43. The summed E-state index contributed by atoms with van der Waals surface area (Å²) in [6, 6.07) is 31.6. The van der Waals surface area contributed by atoms with Gasteiger partial charge in [0.05, 0.1) is 0 Å². The fraction of sp³-hybridized carbons (Fsp3) is 0.143. The van der Waals surface area contributed by atoms with Gasteiger partial charge >= 0.3 is 149 Å². The van der Waals surface area contributed by atoms with Crippen molar-refractivity contribution in [1.29, 1.82) is 0 Å². The predicted molar refractivity (Wildman–Crippen MR) is 107 cm³/mol. The van der Waals surface area contributed by atoms with E-state index in [1.165, 1.54) is 13.4 Å². The van der Waals surface area contributed by atoms with E-state index in [4.69, 9.17) is 0 Å². The molecular formula is C21H23SeSn+. The van der Waals surface area contributed by atoms with Crippen LogP contribution in [0.1, 0.15) is 0 Å². The Balaban J connectivity index is 2.06. The van der Waals surface area contributed by atoms with Crippen molar-refractivity contribution in [3.63, 3.8) is 0 Å². The second-order valence-corrected chi connectivity index (χ2v) is 25.4. The van der Waals surface area contributed by atoms with Gasteiger partial charge in [-0.25, -0.2) is 0 Å². The van der Waals surface area contributed by atoms with Gasteiger partial charge in [0.1, 0.15) is 0 Å². The van der Waals surface area contributed by atoms with Crippen LogP contribution < -0.4 is 17.0 Å². The zero-order valence-corrected chi connectivity index (χ0v) is 18.6. The van der Waals surface area contributed by atoms with Crippen molar-refractivity contribution in [2.45, 2.75) is 14.8 Å². The summed E-state index contributed by atoms with van der Waals surface area (Å²) in [5, 5.41) is 0. The molecule has 0 saturated carbocycles. The second-order valence-electron chi connectivity index (χ2n) is 6.71. The standard InChI is InChI=1S/C18H14Se.3CH3.Sn/c1-4-10-16(11-5-1)19(17-12-6-2-7-13-17)18-14-8-3-9-15-18;;;;/h1-2,4-15H;3*1H3;/q+1;;;;. The van der Waals surface area contributed by atoms with Crippen LogP contribution in [0.2, 0.25) is 14.8 Å². The summed E-state index contributed by atoms with van der Waals surface area (Å²) in [5.74, 6) is 0. The summed E-state index contributed by atoms with van der Waals surface area (Å²) in [5.41, 5.74) is 0. The van der Waals surface area contributed by atoms with Crippen molar-refractivity contribution in [1.82, 2.24) is 0 Å². The van der Waals surface area contributed by atoms with E-state index in [0.29, 0.717) is 0 Å². The van der Waals surface area contributed by atoms with Gasteiger partial charge < -0.3 is 0 Å². The monoisotopic (exact) mass is 475 g/mol. The van der Waals surface area contributed by atoms with E-state index in [1.54, 1.807) is 3.58 Å². The van der Waals surface area contributed by atoms with Crippen LogP contribution >= 0.6 is 0 Å². The van der Waals surface area contributed by atoms with E-state index < -0.39 is 32.3 Å². The Kier molecular flexibility index (Phi) is 5.30. The third-order valence-corrected chi connectivity index (χ3v) is 14.5. The molecular weight excluding hydrogens is 450 g/mol. The number of hydrogen-bond donors (Lipinski definition) is 0. The van der Waals surface area contributed by atoms with Gasteiger partial charge in [-0.2, -0.15) is 0 Å². The van der Waals surface area contributed by atoms with Crippen LogP contribution in [0, 0.1) is 0 Å². The Morgan fingerprint density at radius 3 is 1.30 bits per heavy atom. The van der Waals surface area contributed by atoms with Crippen LogP contribution in [0.4, 0.5) is 0 Å². The SMILES string of the molecule is [CH3][Sn]([CH3])([CH3])[c]1ccc([Se+](c2ccccc2)c2ccccc2)cc1. The van der Waals surface area contributed by atoms with Crippen LogP contribution in [-0.2, 0) is 0 Å². The molecule has 0 nitrogen and oxygen atoms in total. The van der Waals surface area contributed by atoms with E-state index in [-0.39, 0.29) is 0 Å². The quantitative estimate of drug-likeness (QED) is 0.512. The van der Waals surface area contributed by atoms with E-state index in [9.17, 15) is 0 Å². The molecule has 0 amide bonds. The molecule has 0 unspecified atom stereocenters. The minimum absolute atomic E-state index is 1.19. The Labute approximate surface area is 148 Å². The number of benzene rings is 3. The van der Waals surface area contributed by atoms with Crippen molar-refractivity contribution in [2.75, 3.05) is 0 Å². The van der Waals surface area contributed by atoms with Gasteiger partial charge in [0.25, 0.3) is 0 Å². The molecule has 0 saturated heterocycles. The van der Waals surface area contributed by atoms with Crippen molar-refractivity contribution in [3.05, 3.63) is 84.9 Å². The molecule has 23 heavy (non-hydrogen) atoms. The van der Waals surface area contributed by atoms with Gasteiger partial charge in [0, 0.05) is 0 Å². The summed E-state index contributed by atoms with van der Waals surface area (Å²) in [7, 11) is 0. The van der Waals surface area contributed by atoms with E-state index in [0.717, 1.165) is 0 Å². The molecule has 0 radical (unpaired) electrons. The van der Waals surface area contributed by atoms with Gasteiger partial charge in [0.15, 0.2) is 0 Å². The molecule has 0 fully saturated rings. The first-order chi connectivity index (χ1) is 11.1. The molecule has 3 aromatic carbocycles. The molecule has 0 aromatic heterocycles. The molecule has 0 bridgehead atoms. The fourth-order valence-corrected chi connectivity index (χ4v) is 10.3. The Morgan fingerprint density at radius 2 is 0.913 bits per heavy atom. The molecule has 0 N–H and O–H groups in total. The van der Waals surface area contributed by atoms with Crippen LogP contribution in [0.5, 0.6) is 0 Å². The van der Waals surface area contributed by atoms with Crippen molar-refractivity contribution in [2.24, 2.45) is 0 Å². The molecule has 0 aliphatic rings. The predicted octanol–water partition coefficient (Wildman–Crippen LogP) is 2.75. The second kappa shape index (κ2) is 7.25. The van der Waals surface area contributed by atoms with Crippen LogP contribution in [0.15, 0.2) is 84.9 Å². The van der Waals surface area contributed by atoms with Crippen LogP contribution in [0.25, 0.3) is 0 Å². The van der Waals surface area contributed by atoms with Gasteiger partial charge in [-0.05, 0) is 0 Å². The third kappa shape index (κ3) is 4.09. The van der Waals surface area contributed by atoms with Crippen LogP contribution in [0.3, 0.4) is 0 Å². The molecule has 3 rings (SSSR count). The van der Waals surface area contributed by atoms with Gasteiger partial charge in [-0.1, -0.05) is 0 Å². The molecule has 0 spiro atoms. The summed E-state index contributed by atoms with van der Waals surface area (Å²) in [6.45, 7) is 0. The molecule has 0 heterocycles. The Morgan fingerprint density at radius 1 is 0.522 bits per heavy atom. The average molecular weight is 473 g/mol.